The maximum absolute atomic E-state index is 13.9. The molecular weight excluding hydrogens is 364 g/mol. The molecule has 0 bridgehead atoms. The van der Waals surface area contributed by atoms with E-state index in [-0.39, 0.29) is 5.56 Å². The molecular formula is C20H25F2N5O. The highest BCUT2D eigenvalue weighted by Gasteiger charge is 2.26. The summed E-state index contributed by atoms with van der Waals surface area (Å²) in [6, 6.07) is 3.47. The van der Waals surface area contributed by atoms with Gasteiger partial charge in [0, 0.05) is 32.2 Å². The molecule has 1 aromatic heterocycles. The van der Waals surface area contributed by atoms with E-state index < -0.39 is 17.5 Å². The van der Waals surface area contributed by atoms with Crippen LogP contribution in [0.15, 0.2) is 24.5 Å². The lowest BCUT2D eigenvalue weighted by Gasteiger charge is -2.35. The second-order valence-corrected chi connectivity index (χ2v) is 7.64. The fourth-order valence-corrected chi connectivity index (χ4v) is 4.18. The fourth-order valence-electron chi connectivity index (χ4n) is 4.18. The van der Waals surface area contributed by atoms with E-state index in [0.29, 0.717) is 38.8 Å². The Morgan fingerprint density at radius 3 is 2.57 bits per heavy atom. The van der Waals surface area contributed by atoms with Gasteiger partial charge in [0.15, 0.2) is 0 Å². The Morgan fingerprint density at radius 2 is 1.82 bits per heavy atom. The SMILES string of the molecule is O=C(c1cc(F)ccc1F)N1CCN(Cc2nncn2C2CCCCC2)CC1. The van der Waals surface area contributed by atoms with Crippen LogP contribution in [0, 0.1) is 11.6 Å². The topological polar surface area (TPSA) is 54.3 Å². The normalized spacial score (nSPS) is 19.1. The van der Waals surface area contributed by atoms with Crippen molar-refractivity contribution in [3.05, 3.63) is 47.5 Å². The van der Waals surface area contributed by atoms with Crippen LogP contribution in [0.3, 0.4) is 0 Å². The van der Waals surface area contributed by atoms with E-state index in [1.54, 1.807) is 4.90 Å². The van der Waals surface area contributed by atoms with Crippen LogP contribution in [0.5, 0.6) is 0 Å². The standard InChI is InChI=1S/C20H25F2N5O/c21-15-6-7-18(22)17(12-15)20(28)26-10-8-25(9-11-26)13-19-24-23-14-27(19)16-4-2-1-3-5-16/h6-7,12,14,16H,1-5,8-11,13H2. The number of piperazine rings is 1. The lowest BCUT2D eigenvalue weighted by atomic mass is 9.95. The Kier molecular flexibility index (Phi) is 5.66. The number of halogens is 2. The lowest BCUT2D eigenvalue weighted by Crippen LogP contribution is -2.48. The third-order valence-electron chi connectivity index (χ3n) is 5.80. The van der Waals surface area contributed by atoms with E-state index in [9.17, 15) is 13.6 Å². The van der Waals surface area contributed by atoms with Gasteiger partial charge in [-0.15, -0.1) is 10.2 Å². The number of hydrogen-bond acceptors (Lipinski definition) is 4. The zero-order valence-corrected chi connectivity index (χ0v) is 15.9. The molecule has 0 N–H and O–H groups in total. The Labute approximate surface area is 163 Å². The maximum atomic E-state index is 13.9. The van der Waals surface area contributed by atoms with Gasteiger partial charge in [0.1, 0.15) is 23.8 Å². The molecule has 2 heterocycles. The number of nitrogens with zero attached hydrogens (tertiary/aromatic N) is 5. The van der Waals surface area contributed by atoms with E-state index in [1.165, 1.54) is 32.1 Å². The van der Waals surface area contributed by atoms with Crippen molar-refractivity contribution < 1.29 is 13.6 Å². The first-order valence-electron chi connectivity index (χ1n) is 9.97. The number of hydrogen-bond donors (Lipinski definition) is 0. The van der Waals surface area contributed by atoms with Crippen LogP contribution < -0.4 is 0 Å². The molecule has 2 aromatic rings. The third kappa shape index (κ3) is 4.06. The van der Waals surface area contributed by atoms with E-state index in [4.69, 9.17) is 0 Å². The summed E-state index contributed by atoms with van der Waals surface area (Å²) in [5.74, 6) is -0.787. The van der Waals surface area contributed by atoms with E-state index in [1.807, 2.05) is 6.33 Å². The summed E-state index contributed by atoms with van der Waals surface area (Å²) >= 11 is 0. The maximum Gasteiger partial charge on any atom is 0.257 e. The van der Waals surface area contributed by atoms with Gasteiger partial charge in [-0.3, -0.25) is 9.69 Å². The summed E-state index contributed by atoms with van der Waals surface area (Å²) < 4.78 is 29.5. The average molecular weight is 389 g/mol. The fraction of sp³-hybridized carbons (Fsp3) is 0.550. The molecule has 0 unspecified atom stereocenters. The monoisotopic (exact) mass is 389 g/mol. The summed E-state index contributed by atoms with van der Waals surface area (Å²) in [5.41, 5.74) is -0.203. The molecule has 1 saturated carbocycles. The van der Waals surface area contributed by atoms with Gasteiger partial charge in [0.25, 0.3) is 5.91 Å². The van der Waals surface area contributed by atoms with Gasteiger partial charge in [-0.1, -0.05) is 19.3 Å². The number of carbonyl (C=O) groups excluding carboxylic acids is 1. The van der Waals surface area contributed by atoms with Gasteiger partial charge < -0.3 is 9.47 Å². The number of carbonyl (C=O) groups is 1. The number of amides is 1. The average Bonchev–Trinajstić information content (AvgIpc) is 3.18. The summed E-state index contributed by atoms with van der Waals surface area (Å²) in [4.78, 5) is 16.3. The van der Waals surface area contributed by atoms with Crippen molar-refractivity contribution in [2.45, 2.75) is 44.7 Å². The van der Waals surface area contributed by atoms with Crippen molar-refractivity contribution in [3.63, 3.8) is 0 Å². The zero-order chi connectivity index (χ0) is 19.5. The Bertz CT molecular complexity index is 826. The molecule has 0 atom stereocenters. The molecule has 1 saturated heterocycles. The molecule has 1 aliphatic heterocycles. The van der Waals surface area contributed by atoms with Crippen molar-refractivity contribution in [2.75, 3.05) is 26.2 Å². The third-order valence-corrected chi connectivity index (χ3v) is 5.80. The first-order chi connectivity index (χ1) is 13.6. The van der Waals surface area contributed by atoms with Crippen LogP contribution in [0.4, 0.5) is 8.78 Å². The van der Waals surface area contributed by atoms with Crippen LogP contribution in [-0.2, 0) is 6.54 Å². The van der Waals surface area contributed by atoms with Crippen molar-refractivity contribution in [3.8, 4) is 0 Å². The highest BCUT2D eigenvalue weighted by Crippen LogP contribution is 2.28. The summed E-state index contributed by atoms with van der Waals surface area (Å²) in [6.07, 6.45) is 7.98. The molecule has 4 rings (SSSR count). The smallest absolute Gasteiger partial charge is 0.257 e. The number of rotatable bonds is 4. The highest BCUT2D eigenvalue weighted by atomic mass is 19.1. The summed E-state index contributed by atoms with van der Waals surface area (Å²) in [6.45, 7) is 2.98. The van der Waals surface area contributed by atoms with Gasteiger partial charge >= 0.3 is 0 Å². The van der Waals surface area contributed by atoms with Crippen LogP contribution >= 0.6 is 0 Å². The first kappa shape index (κ1) is 19.0. The van der Waals surface area contributed by atoms with E-state index in [0.717, 1.165) is 24.0 Å². The Morgan fingerprint density at radius 1 is 1.07 bits per heavy atom. The highest BCUT2D eigenvalue weighted by molar-refractivity contribution is 5.94. The second kappa shape index (κ2) is 8.34. The van der Waals surface area contributed by atoms with Crippen LogP contribution in [0.2, 0.25) is 0 Å². The molecule has 1 amide bonds. The van der Waals surface area contributed by atoms with Crippen LogP contribution in [0.25, 0.3) is 0 Å². The van der Waals surface area contributed by atoms with E-state index in [2.05, 4.69) is 19.7 Å². The minimum Gasteiger partial charge on any atom is -0.336 e. The molecule has 1 aliphatic carbocycles. The predicted octanol–water partition coefficient (Wildman–Crippen LogP) is 3.02. The van der Waals surface area contributed by atoms with Crippen molar-refractivity contribution >= 4 is 5.91 Å². The molecule has 2 aliphatic rings. The molecule has 1 aromatic carbocycles. The Hall–Kier alpha value is -2.35. The van der Waals surface area contributed by atoms with Crippen LogP contribution in [-0.4, -0.2) is 56.7 Å². The molecule has 0 spiro atoms. The molecule has 8 heteroatoms. The van der Waals surface area contributed by atoms with Crippen LogP contribution in [0.1, 0.15) is 54.3 Å². The minimum absolute atomic E-state index is 0.203. The minimum atomic E-state index is -0.686. The van der Waals surface area contributed by atoms with Gasteiger partial charge in [0.05, 0.1) is 12.1 Å². The molecule has 28 heavy (non-hydrogen) atoms. The molecule has 150 valence electrons. The van der Waals surface area contributed by atoms with Gasteiger partial charge in [-0.2, -0.15) is 0 Å². The Balaban J connectivity index is 1.35. The van der Waals surface area contributed by atoms with Crippen molar-refractivity contribution in [2.24, 2.45) is 0 Å². The van der Waals surface area contributed by atoms with Crippen molar-refractivity contribution in [1.82, 2.24) is 24.6 Å². The molecule has 6 nitrogen and oxygen atoms in total. The number of benzene rings is 1. The molecule has 0 radical (unpaired) electrons. The van der Waals surface area contributed by atoms with Crippen molar-refractivity contribution in [1.29, 1.82) is 0 Å². The zero-order valence-electron chi connectivity index (χ0n) is 15.9. The molecule has 2 fully saturated rings. The number of aromatic nitrogens is 3. The first-order valence-corrected chi connectivity index (χ1v) is 9.97. The van der Waals surface area contributed by atoms with E-state index >= 15 is 0 Å². The van der Waals surface area contributed by atoms with Gasteiger partial charge in [-0.25, -0.2) is 8.78 Å². The summed E-state index contributed by atoms with van der Waals surface area (Å²) in [5, 5.41) is 8.42. The summed E-state index contributed by atoms with van der Waals surface area (Å²) in [7, 11) is 0. The quantitative estimate of drug-likeness (QED) is 0.807. The predicted molar refractivity (Wildman–Crippen MR) is 99.7 cm³/mol. The second-order valence-electron chi connectivity index (χ2n) is 7.64. The largest absolute Gasteiger partial charge is 0.336 e. The van der Waals surface area contributed by atoms with Gasteiger partial charge in [-0.05, 0) is 31.0 Å². The lowest BCUT2D eigenvalue weighted by molar-refractivity contribution is 0.0618. The van der Waals surface area contributed by atoms with Gasteiger partial charge in [0.2, 0.25) is 0 Å².